The normalized spacial score (nSPS) is 17.0. The zero-order valence-electron chi connectivity index (χ0n) is 20.7. The van der Waals surface area contributed by atoms with E-state index in [2.05, 4.69) is 95.1 Å². The lowest BCUT2D eigenvalue weighted by atomic mass is 9.78. The van der Waals surface area contributed by atoms with Crippen LogP contribution in [0.2, 0.25) is 0 Å². The van der Waals surface area contributed by atoms with Gasteiger partial charge in [0.2, 0.25) is 0 Å². The molecule has 0 aliphatic carbocycles. The number of ether oxygens (including phenoxy) is 1. The second-order valence-electron chi connectivity index (χ2n) is 9.28. The van der Waals surface area contributed by atoms with Crippen LogP contribution in [0.5, 0.6) is 0 Å². The molecule has 0 unspecified atom stereocenters. The number of hydrogen-bond donors (Lipinski definition) is 1. The lowest BCUT2D eigenvalue weighted by Crippen LogP contribution is -2.59. The van der Waals surface area contributed by atoms with Crippen molar-refractivity contribution in [3.8, 4) is 0 Å². The average Bonchev–Trinajstić information content (AvgIpc) is 3.00. The molecule has 2 aliphatic heterocycles. The lowest BCUT2D eigenvalue weighted by molar-refractivity contribution is -0.0182. The summed E-state index contributed by atoms with van der Waals surface area (Å²) in [5.41, 5.74) is 3.79. The topological polar surface area (TPSA) is 49.2 Å². The van der Waals surface area contributed by atoms with E-state index in [0.29, 0.717) is 13.2 Å². The van der Waals surface area contributed by atoms with Crippen molar-refractivity contribution in [3.63, 3.8) is 0 Å². The predicted molar refractivity (Wildman–Crippen MR) is 149 cm³/mol. The smallest absolute Gasteiger partial charge is 0.170 e. The summed E-state index contributed by atoms with van der Waals surface area (Å²) in [4.78, 5) is 13.2. The van der Waals surface area contributed by atoms with E-state index in [0.717, 1.165) is 35.9 Å². The Morgan fingerprint density at radius 1 is 0.595 bits per heavy atom. The number of nitrogens with zero attached hydrogens (tertiary/aromatic N) is 3. The van der Waals surface area contributed by atoms with E-state index in [4.69, 9.17) is 14.7 Å². The van der Waals surface area contributed by atoms with Gasteiger partial charge in [-0.05, 0) is 11.1 Å². The largest absolute Gasteiger partial charge is 0.379 e. The molecule has 184 valence electrons. The fourth-order valence-electron chi connectivity index (χ4n) is 5.42. The highest BCUT2D eigenvalue weighted by Crippen LogP contribution is 2.42. The van der Waals surface area contributed by atoms with E-state index in [1.165, 1.54) is 11.1 Å². The number of morpholine rings is 1. The second-order valence-corrected chi connectivity index (χ2v) is 9.28. The molecule has 4 aromatic carbocycles. The number of benzene rings is 4. The molecular weight excluding hydrogens is 456 g/mol. The molecule has 1 fully saturated rings. The van der Waals surface area contributed by atoms with Crippen LogP contribution in [0.25, 0.3) is 0 Å². The summed E-state index contributed by atoms with van der Waals surface area (Å²) in [7, 11) is 0. The van der Waals surface area contributed by atoms with Gasteiger partial charge in [-0.1, -0.05) is 121 Å². The third-order valence-electron chi connectivity index (χ3n) is 7.15. The van der Waals surface area contributed by atoms with Crippen LogP contribution in [0.1, 0.15) is 22.3 Å². The van der Waals surface area contributed by atoms with Gasteiger partial charge in [0.15, 0.2) is 6.17 Å². The van der Waals surface area contributed by atoms with Gasteiger partial charge in [-0.15, -0.1) is 0 Å². The monoisotopic (exact) mass is 486 g/mol. The summed E-state index contributed by atoms with van der Waals surface area (Å²) in [5.74, 6) is 1.65. The first-order valence-electron chi connectivity index (χ1n) is 12.8. The molecule has 2 heterocycles. The van der Waals surface area contributed by atoms with Crippen molar-refractivity contribution < 1.29 is 4.74 Å². The zero-order valence-corrected chi connectivity index (χ0v) is 20.7. The molecule has 0 bridgehead atoms. The molecule has 1 saturated heterocycles. The molecule has 5 nitrogen and oxygen atoms in total. The van der Waals surface area contributed by atoms with Crippen molar-refractivity contribution in [2.24, 2.45) is 9.98 Å². The van der Waals surface area contributed by atoms with Gasteiger partial charge in [-0.3, -0.25) is 4.90 Å². The Bertz CT molecular complexity index is 1270. The fraction of sp³-hybridized carbons (Fsp3) is 0.188. The Morgan fingerprint density at radius 3 is 1.43 bits per heavy atom. The van der Waals surface area contributed by atoms with E-state index in [-0.39, 0.29) is 0 Å². The van der Waals surface area contributed by atoms with Crippen LogP contribution >= 0.6 is 0 Å². The maximum Gasteiger partial charge on any atom is 0.170 e. The standard InChI is InChI=1S/C32H30N4O/c1-5-13-25(14-6-1)29-33-30(26-15-7-2-8-16-26)35-31(34-29)32(27-17-9-3-10-18-27,28-19-11-4-12-20-28)36-21-23-37-24-22-36/h1-20,31H,21-24H2,(H,33,34,35). The van der Waals surface area contributed by atoms with Crippen LogP contribution in [-0.2, 0) is 10.3 Å². The summed E-state index contributed by atoms with van der Waals surface area (Å²) >= 11 is 0. The first-order chi connectivity index (χ1) is 18.4. The SMILES string of the molecule is c1ccc(C2=NC(C(c3ccccc3)(c3ccccc3)N3CCOCC3)N=C(c3ccccc3)N2)cc1. The maximum absolute atomic E-state index is 5.81. The number of nitrogens with one attached hydrogen (secondary N) is 1. The van der Waals surface area contributed by atoms with Crippen LogP contribution in [0.4, 0.5) is 0 Å². The first-order valence-corrected chi connectivity index (χ1v) is 12.8. The van der Waals surface area contributed by atoms with Gasteiger partial charge in [0.1, 0.15) is 17.2 Å². The van der Waals surface area contributed by atoms with Crippen molar-refractivity contribution in [1.82, 2.24) is 10.2 Å². The molecular formula is C32H30N4O. The number of hydrogen-bond acceptors (Lipinski definition) is 5. The highest BCUT2D eigenvalue weighted by Gasteiger charge is 2.49. The Balaban J connectivity index is 1.62. The molecule has 0 atom stereocenters. The predicted octanol–water partition coefficient (Wildman–Crippen LogP) is 5.09. The molecule has 6 rings (SSSR count). The van der Waals surface area contributed by atoms with Crippen molar-refractivity contribution in [2.75, 3.05) is 26.3 Å². The molecule has 5 heteroatoms. The summed E-state index contributed by atoms with van der Waals surface area (Å²) in [5, 5.41) is 3.55. The summed E-state index contributed by atoms with van der Waals surface area (Å²) < 4.78 is 5.81. The first kappa shape index (κ1) is 23.3. The highest BCUT2D eigenvalue weighted by molar-refractivity contribution is 6.15. The molecule has 37 heavy (non-hydrogen) atoms. The number of rotatable bonds is 6. The highest BCUT2D eigenvalue weighted by atomic mass is 16.5. The van der Waals surface area contributed by atoms with Crippen LogP contribution in [0.3, 0.4) is 0 Å². The van der Waals surface area contributed by atoms with Crippen molar-refractivity contribution >= 4 is 11.7 Å². The minimum atomic E-state index is -0.617. The van der Waals surface area contributed by atoms with E-state index in [1.54, 1.807) is 0 Å². The Labute approximate surface area is 218 Å². The molecule has 4 aromatic rings. The van der Waals surface area contributed by atoms with E-state index >= 15 is 0 Å². The van der Waals surface area contributed by atoms with E-state index in [9.17, 15) is 0 Å². The Hall–Kier alpha value is -4.06. The molecule has 0 radical (unpaired) electrons. The van der Waals surface area contributed by atoms with Gasteiger partial charge >= 0.3 is 0 Å². The van der Waals surface area contributed by atoms with Gasteiger partial charge in [-0.25, -0.2) is 9.98 Å². The van der Waals surface area contributed by atoms with Crippen LogP contribution < -0.4 is 5.32 Å². The zero-order chi connectivity index (χ0) is 24.9. The minimum Gasteiger partial charge on any atom is -0.379 e. The fourth-order valence-corrected chi connectivity index (χ4v) is 5.42. The lowest BCUT2D eigenvalue weighted by Gasteiger charge is -2.49. The van der Waals surface area contributed by atoms with E-state index < -0.39 is 11.7 Å². The summed E-state index contributed by atoms with van der Waals surface area (Å²) in [6.45, 7) is 2.94. The minimum absolute atomic E-state index is 0.429. The number of aliphatic imine (C=N–C) groups is 2. The quantitative estimate of drug-likeness (QED) is 0.413. The Kier molecular flexibility index (Phi) is 6.63. The molecule has 1 N–H and O–H groups in total. The average molecular weight is 487 g/mol. The third-order valence-corrected chi connectivity index (χ3v) is 7.15. The molecule has 0 amide bonds. The van der Waals surface area contributed by atoms with Gasteiger partial charge in [0.05, 0.1) is 13.2 Å². The molecule has 0 saturated carbocycles. The molecule has 0 spiro atoms. The van der Waals surface area contributed by atoms with Crippen LogP contribution in [0, 0.1) is 0 Å². The van der Waals surface area contributed by atoms with Crippen molar-refractivity contribution in [3.05, 3.63) is 144 Å². The Morgan fingerprint density at radius 2 is 1.00 bits per heavy atom. The molecule has 2 aliphatic rings. The van der Waals surface area contributed by atoms with Crippen molar-refractivity contribution in [1.29, 1.82) is 0 Å². The van der Waals surface area contributed by atoms with Gasteiger partial charge in [0.25, 0.3) is 0 Å². The van der Waals surface area contributed by atoms with Crippen LogP contribution in [-0.4, -0.2) is 49.0 Å². The van der Waals surface area contributed by atoms with Crippen molar-refractivity contribution in [2.45, 2.75) is 11.7 Å². The second kappa shape index (κ2) is 10.5. The molecule has 0 aromatic heterocycles. The van der Waals surface area contributed by atoms with E-state index in [1.807, 2.05) is 36.4 Å². The van der Waals surface area contributed by atoms with Gasteiger partial charge < -0.3 is 10.1 Å². The summed E-state index contributed by atoms with van der Waals surface area (Å²) in [6.07, 6.45) is -0.429. The maximum atomic E-state index is 5.81. The summed E-state index contributed by atoms with van der Waals surface area (Å²) in [6, 6.07) is 42.0. The van der Waals surface area contributed by atoms with Crippen LogP contribution in [0.15, 0.2) is 131 Å². The number of amidine groups is 2. The third kappa shape index (κ3) is 4.48. The van der Waals surface area contributed by atoms with Gasteiger partial charge in [0, 0.05) is 24.2 Å². The van der Waals surface area contributed by atoms with Gasteiger partial charge in [-0.2, -0.15) is 0 Å².